The molecular formula is C18H16N4O5S. The molecule has 10 heteroatoms. The third kappa shape index (κ3) is 4.54. The van der Waals surface area contributed by atoms with Crippen LogP contribution in [-0.4, -0.2) is 36.7 Å². The van der Waals surface area contributed by atoms with E-state index in [2.05, 4.69) is 20.2 Å². The van der Waals surface area contributed by atoms with Crippen LogP contribution in [0.25, 0.3) is 0 Å². The van der Waals surface area contributed by atoms with Gasteiger partial charge in [0.15, 0.2) is 5.82 Å². The molecule has 0 aliphatic heterocycles. The number of nitrogens with one attached hydrogen (secondary N) is 2. The molecule has 1 amide bonds. The molecule has 2 aromatic carbocycles. The lowest BCUT2D eigenvalue weighted by Crippen LogP contribution is -2.15. The van der Waals surface area contributed by atoms with Crippen LogP contribution in [-0.2, 0) is 10.0 Å². The van der Waals surface area contributed by atoms with Crippen LogP contribution >= 0.6 is 0 Å². The summed E-state index contributed by atoms with van der Waals surface area (Å²) >= 11 is 0. The molecule has 9 nitrogen and oxygen atoms in total. The molecule has 3 rings (SSSR count). The zero-order valence-electron chi connectivity index (χ0n) is 14.7. The van der Waals surface area contributed by atoms with Crippen molar-refractivity contribution in [2.75, 3.05) is 17.1 Å². The zero-order valence-corrected chi connectivity index (χ0v) is 15.5. The maximum atomic E-state index is 12.4. The molecule has 0 spiro atoms. The van der Waals surface area contributed by atoms with Crippen molar-refractivity contribution in [1.29, 1.82) is 0 Å². The zero-order chi connectivity index (χ0) is 20.1. The lowest BCUT2D eigenvalue weighted by atomic mass is 10.2. The monoisotopic (exact) mass is 400 g/mol. The van der Waals surface area contributed by atoms with Crippen LogP contribution in [0.2, 0.25) is 0 Å². The van der Waals surface area contributed by atoms with E-state index < -0.39 is 10.0 Å². The second-order valence-electron chi connectivity index (χ2n) is 5.59. The summed E-state index contributed by atoms with van der Waals surface area (Å²) in [6, 6.07) is 14.3. The number of phenolic OH excluding ortho intramolecular Hbond substituents is 1. The fraction of sp³-hybridized carbons (Fsp3) is 0.0556. The fourth-order valence-corrected chi connectivity index (χ4v) is 3.21. The summed E-state index contributed by atoms with van der Waals surface area (Å²) in [7, 11) is -2.44. The van der Waals surface area contributed by atoms with Crippen LogP contribution in [0.15, 0.2) is 65.6 Å². The molecule has 0 unspecified atom stereocenters. The van der Waals surface area contributed by atoms with Crippen molar-refractivity contribution in [3.8, 4) is 11.6 Å². The molecule has 28 heavy (non-hydrogen) atoms. The Bertz CT molecular complexity index is 1070. The summed E-state index contributed by atoms with van der Waals surface area (Å²) in [5.41, 5.74) is 0.774. The van der Waals surface area contributed by atoms with E-state index in [9.17, 15) is 18.3 Å². The van der Waals surface area contributed by atoms with E-state index in [1.54, 1.807) is 0 Å². The predicted molar refractivity (Wildman–Crippen MR) is 102 cm³/mol. The Morgan fingerprint density at radius 3 is 2.21 bits per heavy atom. The molecule has 0 aliphatic rings. The molecule has 0 bridgehead atoms. The molecule has 0 saturated carbocycles. The summed E-state index contributed by atoms with van der Waals surface area (Å²) in [4.78, 5) is 12.1. The number of rotatable bonds is 6. The molecule has 3 N–H and O–H groups in total. The third-order valence-corrected chi connectivity index (χ3v) is 5.01. The number of anilines is 2. The lowest BCUT2D eigenvalue weighted by molar-refractivity contribution is 0.102. The number of carbonyl (C=O) groups is 1. The Labute approximate surface area is 161 Å². The number of methoxy groups -OCH3 is 1. The van der Waals surface area contributed by atoms with Gasteiger partial charge in [0.2, 0.25) is 5.88 Å². The number of aromatic nitrogens is 2. The first-order chi connectivity index (χ1) is 13.4. The van der Waals surface area contributed by atoms with E-state index >= 15 is 0 Å². The Balaban J connectivity index is 1.70. The Morgan fingerprint density at radius 2 is 1.64 bits per heavy atom. The van der Waals surface area contributed by atoms with E-state index in [-0.39, 0.29) is 28.3 Å². The molecule has 1 heterocycles. The number of phenols is 1. The van der Waals surface area contributed by atoms with Crippen molar-refractivity contribution < 1.29 is 23.1 Å². The molecule has 0 aliphatic carbocycles. The summed E-state index contributed by atoms with van der Waals surface area (Å²) in [6.07, 6.45) is 0. The standard InChI is InChI=1S/C18H16N4O5S/c1-27-17-11-10-16(20-21-17)22-28(25,26)15-8-4-13(5-9-15)19-18(24)12-2-6-14(23)7-3-12/h2-11,23H,1H3,(H,19,24)(H,20,22). The van der Waals surface area contributed by atoms with E-state index in [1.807, 2.05) is 0 Å². The Kier molecular flexibility index (Phi) is 5.41. The van der Waals surface area contributed by atoms with Gasteiger partial charge in [-0.1, -0.05) is 0 Å². The summed E-state index contributed by atoms with van der Waals surface area (Å²) in [5, 5.41) is 19.3. The number of amides is 1. The number of hydrogen-bond acceptors (Lipinski definition) is 7. The molecule has 0 fully saturated rings. The minimum atomic E-state index is -3.87. The molecule has 144 valence electrons. The van der Waals surface area contributed by atoms with Gasteiger partial charge in [-0.3, -0.25) is 9.52 Å². The molecule has 0 radical (unpaired) electrons. The molecule has 0 atom stereocenters. The smallest absolute Gasteiger partial charge is 0.263 e. The topological polar surface area (TPSA) is 131 Å². The maximum absolute atomic E-state index is 12.4. The van der Waals surface area contributed by atoms with Gasteiger partial charge >= 0.3 is 0 Å². The Morgan fingerprint density at radius 1 is 0.964 bits per heavy atom. The van der Waals surface area contributed by atoms with Crippen molar-refractivity contribution in [1.82, 2.24) is 10.2 Å². The van der Waals surface area contributed by atoms with Crippen LogP contribution in [0.4, 0.5) is 11.5 Å². The largest absolute Gasteiger partial charge is 0.508 e. The number of hydrogen-bond donors (Lipinski definition) is 3. The van der Waals surface area contributed by atoms with Gasteiger partial charge < -0.3 is 15.2 Å². The van der Waals surface area contributed by atoms with Gasteiger partial charge in [0.05, 0.1) is 12.0 Å². The van der Waals surface area contributed by atoms with Gasteiger partial charge in [-0.15, -0.1) is 10.2 Å². The highest BCUT2D eigenvalue weighted by Gasteiger charge is 2.15. The second kappa shape index (κ2) is 7.92. The number of aromatic hydroxyl groups is 1. The highest BCUT2D eigenvalue weighted by atomic mass is 32.2. The number of nitrogens with zero attached hydrogens (tertiary/aromatic N) is 2. The van der Waals surface area contributed by atoms with Gasteiger partial charge in [-0.05, 0) is 54.6 Å². The third-order valence-electron chi connectivity index (χ3n) is 3.64. The normalized spacial score (nSPS) is 10.9. The minimum absolute atomic E-state index is 0.00671. The minimum Gasteiger partial charge on any atom is -0.508 e. The van der Waals surface area contributed by atoms with E-state index in [1.165, 1.54) is 67.8 Å². The quantitative estimate of drug-likeness (QED) is 0.578. The van der Waals surface area contributed by atoms with E-state index in [0.717, 1.165) is 0 Å². The van der Waals surface area contributed by atoms with Gasteiger partial charge in [-0.2, -0.15) is 0 Å². The van der Waals surface area contributed by atoms with Crippen molar-refractivity contribution in [2.24, 2.45) is 0 Å². The number of sulfonamides is 1. The van der Waals surface area contributed by atoms with Crippen molar-refractivity contribution >= 4 is 27.4 Å². The van der Waals surface area contributed by atoms with Crippen LogP contribution in [0.5, 0.6) is 11.6 Å². The number of benzene rings is 2. The van der Waals surface area contributed by atoms with Gasteiger partial charge in [0.1, 0.15) is 5.75 Å². The molecule has 3 aromatic rings. The average molecular weight is 400 g/mol. The number of carbonyl (C=O) groups excluding carboxylic acids is 1. The van der Waals surface area contributed by atoms with Crippen molar-refractivity contribution in [2.45, 2.75) is 4.90 Å². The Hall–Kier alpha value is -3.66. The molecular weight excluding hydrogens is 384 g/mol. The molecule has 1 aromatic heterocycles. The first kappa shape index (κ1) is 19.1. The van der Waals surface area contributed by atoms with Gasteiger partial charge in [0.25, 0.3) is 15.9 Å². The van der Waals surface area contributed by atoms with Gasteiger partial charge in [0, 0.05) is 17.3 Å². The van der Waals surface area contributed by atoms with E-state index in [0.29, 0.717) is 11.3 Å². The summed E-state index contributed by atoms with van der Waals surface area (Å²) in [5.74, 6) is -0.0235. The highest BCUT2D eigenvalue weighted by molar-refractivity contribution is 7.92. The average Bonchev–Trinajstić information content (AvgIpc) is 2.69. The first-order valence-electron chi connectivity index (χ1n) is 7.98. The maximum Gasteiger partial charge on any atom is 0.263 e. The summed E-state index contributed by atoms with van der Waals surface area (Å²) < 4.78 is 32.0. The van der Waals surface area contributed by atoms with Crippen molar-refractivity contribution in [3.63, 3.8) is 0 Å². The van der Waals surface area contributed by atoms with E-state index in [4.69, 9.17) is 4.74 Å². The first-order valence-corrected chi connectivity index (χ1v) is 9.47. The predicted octanol–water partition coefficient (Wildman–Crippen LogP) is 2.24. The second-order valence-corrected chi connectivity index (χ2v) is 7.27. The van der Waals surface area contributed by atoms with Crippen LogP contribution in [0.1, 0.15) is 10.4 Å². The SMILES string of the molecule is COc1ccc(NS(=O)(=O)c2ccc(NC(=O)c3ccc(O)cc3)cc2)nn1. The summed E-state index contributed by atoms with van der Waals surface area (Å²) in [6.45, 7) is 0. The van der Waals surface area contributed by atoms with Crippen LogP contribution in [0.3, 0.4) is 0 Å². The van der Waals surface area contributed by atoms with Crippen LogP contribution < -0.4 is 14.8 Å². The van der Waals surface area contributed by atoms with Crippen molar-refractivity contribution in [3.05, 3.63) is 66.2 Å². The number of ether oxygens (including phenoxy) is 1. The van der Waals surface area contributed by atoms with Crippen LogP contribution in [0, 0.1) is 0 Å². The highest BCUT2D eigenvalue weighted by Crippen LogP contribution is 2.19. The fourth-order valence-electron chi connectivity index (χ4n) is 2.21. The lowest BCUT2D eigenvalue weighted by Gasteiger charge is -2.09. The van der Waals surface area contributed by atoms with Gasteiger partial charge in [-0.25, -0.2) is 8.42 Å². The molecule has 0 saturated heterocycles.